The average Bonchev–Trinajstić information content (AvgIpc) is 2.74. The Balaban J connectivity index is 1.94. The van der Waals surface area contributed by atoms with Gasteiger partial charge < -0.3 is 25.0 Å². The standard InChI is InChI=1S/C18H17ClF5N5O3/c1-25-14-10(18(22,23)24)8-26-17(28-14)27-12-7-13(32-16(20)21)9(6-11(12)19)15(30)29-2-4-31-5-3-29/h6-8,16H,2-5H2,1H3,(H2,25,26,27,28). The van der Waals surface area contributed by atoms with Crippen LogP contribution in [0, 0.1) is 0 Å². The lowest BCUT2D eigenvalue weighted by Crippen LogP contribution is -2.40. The van der Waals surface area contributed by atoms with Gasteiger partial charge in [0.15, 0.2) is 0 Å². The first-order chi connectivity index (χ1) is 15.1. The number of morpholine rings is 1. The van der Waals surface area contributed by atoms with Crippen molar-refractivity contribution in [2.24, 2.45) is 0 Å². The van der Waals surface area contributed by atoms with Crippen LogP contribution in [-0.4, -0.2) is 60.7 Å². The quantitative estimate of drug-likeness (QED) is 0.603. The summed E-state index contributed by atoms with van der Waals surface area (Å²) in [7, 11) is 1.24. The van der Waals surface area contributed by atoms with Crippen molar-refractivity contribution in [3.8, 4) is 5.75 Å². The monoisotopic (exact) mass is 481 g/mol. The van der Waals surface area contributed by atoms with E-state index in [0.29, 0.717) is 19.4 Å². The number of ether oxygens (including phenoxy) is 2. The van der Waals surface area contributed by atoms with Gasteiger partial charge in [-0.3, -0.25) is 4.79 Å². The summed E-state index contributed by atoms with van der Waals surface area (Å²) in [6.07, 6.45) is -4.13. The third-order valence-corrected chi connectivity index (χ3v) is 4.70. The number of carbonyl (C=O) groups excluding carboxylic acids is 1. The van der Waals surface area contributed by atoms with E-state index in [1.165, 1.54) is 11.9 Å². The fourth-order valence-electron chi connectivity index (χ4n) is 2.91. The number of anilines is 3. The smallest absolute Gasteiger partial charge is 0.421 e. The molecule has 32 heavy (non-hydrogen) atoms. The van der Waals surface area contributed by atoms with Gasteiger partial charge in [0.25, 0.3) is 5.91 Å². The Kier molecular flexibility index (Phi) is 7.19. The minimum atomic E-state index is -4.69. The van der Waals surface area contributed by atoms with Crippen LogP contribution < -0.4 is 15.4 Å². The predicted octanol–water partition coefficient (Wildman–Crippen LogP) is 4.01. The van der Waals surface area contributed by atoms with E-state index in [9.17, 15) is 26.7 Å². The number of benzene rings is 1. The summed E-state index contributed by atoms with van der Waals surface area (Å²) in [5.74, 6) is -1.85. The largest absolute Gasteiger partial charge is 0.434 e. The molecule has 8 nitrogen and oxygen atoms in total. The third-order valence-electron chi connectivity index (χ3n) is 4.39. The van der Waals surface area contributed by atoms with Crippen LogP contribution in [0.15, 0.2) is 18.3 Å². The van der Waals surface area contributed by atoms with Crippen LogP contribution in [0.1, 0.15) is 15.9 Å². The van der Waals surface area contributed by atoms with Gasteiger partial charge in [0.05, 0.1) is 29.5 Å². The van der Waals surface area contributed by atoms with Gasteiger partial charge in [-0.1, -0.05) is 11.6 Å². The van der Waals surface area contributed by atoms with Crippen molar-refractivity contribution in [3.63, 3.8) is 0 Å². The molecule has 2 N–H and O–H groups in total. The zero-order valence-corrected chi connectivity index (χ0v) is 17.2. The zero-order chi connectivity index (χ0) is 23.5. The summed E-state index contributed by atoms with van der Waals surface area (Å²) >= 11 is 6.20. The topological polar surface area (TPSA) is 88.6 Å². The maximum atomic E-state index is 13.0. The van der Waals surface area contributed by atoms with Gasteiger partial charge in [-0.15, -0.1) is 0 Å². The highest BCUT2D eigenvalue weighted by molar-refractivity contribution is 6.33. The molecule has 1 fully saturated rings. The van der Waals surface area contributed by atoms with Crippen LogP contribution in [0.5, 0.6) is 5.75 Å². The lowest BCUT2D eigenvalue weighted by atomic mass is 10.1. The second-order valence-corrected chi connectivity index (χ2v) is 6.85. The fourth-order valence-corrected chi connectivity index (χ4v) is 3.12. The first-order valence-electron chi connectivity index (χ1n) is 9.14. The van der Waals surface area contributed by atoms with Gasteiger partial charge in [0.2, 0.25) is 5.95 Å². The molecule has 0 spiro atoms. The van der Waals surface area contributed by atoms with Crippen molar-refractivity contribution in [2.75, 3.05) is 44.0 Å². The lowest BCUT2D eigenvalue weighted by molar-refractivity contribution is -0.137. The summed E-state index contributed by atoms with van der Waals surface area (Å²) < 4.78 is 74.6. The first-order valence-corrected chi connectivity index (χ1v) is 9.52. The number of aromatic nitrogens is 2. The molecule has 0 aliphatic carbocycles. The normalized spacial score (nSPS) is 14.4. The number of alkyl halides is 5. The third kappa shape index (κ3) is 5.46. The molecule has 0 radical (unpaired) electrons. The van der Waals surface area contributed by atoms with E-state index in [1.54, 1.807) is 0 Å². The number of hydrogen-bond acceptors (Lipinski definition) is 7. The van der Waals surface area contributed by atoms with Crippen molar-refractivity contribution in [1.82, 2.24) is 14.9 Å². The van der Waals surface area contributed by atoms with E-state index in [-0.39, 0.29) is 35.3 Å². The number of nitrogens with one attached hydrogen (secondary N) is 2. The van der Waals surface area contributed by atoms with Crippen LogP contribution in [-0.2, 0) is 10.9 Å². The maximum absolute atomic E-state index is 13.0. The van der Waals surface area contributed by atoms with E-state index in [1.807, 2.05) is 0 Å². The highest BCUT2D eigenvalue weighted by atomic mass is 35.5. The molecule has 14 heteroatoms. The Labute approximate surface area is 183 Å². The van der Waals surface area contributed by atoms with Crippen LogP contribution >= 0.6 is 11.6 Å². The Morgan fingerprint density at radius 2 is 1.97 bits per heavy atom. The van der Waals surface area contributed by atoms with Crippen molar-refractivity contribution in [2.45, 2.75) is 12.8 Å². The predicted molar refractivity (Wildman–Crippen MR) is 105 cm³/mol. The molecule has 1 amide bonds. The number of rotatable bonds is 6. The average molecular weight is 482 g/mol. The van der Waals surface area contributed by atoms with Gasteiger partial charge >= 0.3 is 12.8 Å². The minimum absolute atomic E-state index is 0.0531. The highest BCUT2D eigenvalue weighted by Crippen LogP contribution is 2.36. The summed E-state index contributed by atoms with van der Waals surface area (Å²) in [5.41, 5.74) is -1.35. The molecule has 0 atom stereocenters. The molecule has 174 valence electrons. The molecule has 1 aromatic heterocycles. The van der Waals surface area contributed by atoms with Gasteiger partial charge in [0.1, 0.15) is 17.1 Å². The van der Waals surface area contributed by atoms with Crippen LogP contribution in [0.3, 0.4) is 0 Å². The Bertz CT molecular complexity index is 986. The molecule has 3 rings (SSSR count). The van der Waals surface area contributed by atoms with E-state index in [4.69, 9.17) is 16.3 Å². The first kappa shape index (κ1) is 23.7. The maximum Gasteiger partial charge on any atom is 0.421 e. The molecular formula is C18H17ClF5N5O3. The molecule has 1 aliphatic rings. The van der Waals surface area contributed by atoms with Gasteiger partial charge in [-0.2, -0.15) is 26.9 Å². The second kappa shape index (κ2) is 9.69. The summed E-state index contributed by atoms with van der Waals surface area (Å²) in [6.45, 7) is -2.13. The SMILES string of the molecule is CNc1nc(Nc2cc(OC(F)F)c(C(=O)N3CCOCC3)cc2Cl)ncc1C(F)(F)F. The van der Waals surface area contributed by atoms with Crippen molar-refractivity contribution < 1.29 is 36.2 Å². The molecule has 1 saturated heterocycles. The van der Waals surface area contributed by atoms with Crippen LogP contribution in [0.25, 0.3) is 0 Å². The Morgan fingerprint density at radius 1 is 1.28 bits per heavy atom. The van der Waals surface area contributed by atoms with Gasteiger partial charge in [-0.25, -0.2) is 4.98 Å². The van der Waals surface area contributed by atoms with E-state index in [0.717, 1.165) is 12.1 Å². The zero-order valence-electron chi connectivity index (χ0n) is 16.5. The molecule has 2 heterocycles. The fraction of sp³-hybridized carbons (Fsp3) is 0.389. The number of hydrogen-bond donors (Lipinski definition) is 2. The lowest BCUT2D eigenvalue weighted by Gasteiger charge is -2.27. The molecule has 0 unspecified atom stereocenters. The van der Waals surface area contributed by atoms with Gasteiger partial charge in [0, 0.05) is 32.4 Å². The molecule has 0 bridgehead atoms. The summed E-state index contributed by atoms with van der Waals surface area (Å²) in [6, 6.07) is 2.16. The van der Waals surface area contributed by atoms with Crippen molar-refractivity contribution >= 4 is 35.0 Å². The van der Waals surface area contributed by atoms with Crippen molar-refractivity contribution in [1.29, 1.82) is 0 Å². The summed E-state index contributed by atoms with van der Waals surface area (Å²) in [5, 5.41) is 4.78. The van der Waals surface area contributed by atoms with E-state index in [2.05, 4.69) is 25.3 Å². The Hall–Kier alpha value is -2.93. The van der Waals surface area contributed by atoms with E-state index < -0.39 is 35.8 Å². The van der Waals surface area contributed by atoms with Crippen molar-refractivity contribution in [3.05, 3.63) is 34.5 Å². The Morgan fingerprint density at radius 3 is 2.56 bits per heavy atom. The minimum Gasteiger partial charge on any atom is -0.434 e. The second-order valence-electron chi connectivity index (χ2n) is 6.44. The van der Waals surface area contributed by atoms with Crippen LogP contribution in [0.2, 0.25) is 5.02 Å². The van der Waals surface area contributed by atoms with Crippen LogP contribution in [0.4, 0.5) is 39.4 Å². The molecule has 1 aliphatic heterocycles. The molecule has 0 saturated carbocycles. The van der Waals surface area contributed by atoms with E-state index >= 15 is 0 Å². The number of carbonyl (C=O) groups is 1. The van der Waals surface area contributed by atoms with Gasteiger partial charge in [-0.05, 0) is 6.07 Å². The number of nitrogens with zero attached hydrogens (tertiary/aromatic N) is 3. The molecule has 1 aromatic carbocycles. The summed E-state index contributed by atoms with van der Waals surface area (Å²) in [4.78, 5) is 21.5. The molecular weight excluding hydrogens is 465 g/mol. The number of amides is 1. The molecule has 2 aromatic rings. The highest BCUT2D eigenvalue weighted by Gasteiger charge is 2.35. The number of halogens is 6.